The molecule has 1 aromatic carbocycles. The van der Waals surface area contributed by atoms with E-state index in [-0.39, 0.29) is 17.4 Å². The van der Waals surface area contributed by atoms with Crippen LogP contribution in [0.1, 0.15) is 23.7 Å². The van der Waals surface area contributed by atoms with Crippen molar-refractivity contribution in [1.29, 1.82) is 0 Å². The number of fused-ring (bicyclic) bond motifs is 1. The molecule has 4 N–H and O–H groups in total. The lowest BCUT2D eigenvalue weighted by Gasteiger charge is -2.04. The van der Waals surface area contributed by atoms with Crippen molar-refractivity contribution < 1.29 is 5.11 Å². The molecule has 1 atom stereocenters. The number of aromatic amines is 1. The average Bonchev–Trinajstić information content (AvgIpc) is 2.83. The summed E-state index contributed by atoms with van der Waals surface area (Å²) in [5.41, 5.74) is 8.19. The van der Waals surface area contributed by atoms with Gasteiger partial charge in [0.15, 0.2) is 0 Å². The molecule has 0 bridgehead atoms. The van der Waals surface area contributed by atoms with E-state index in [9.17, 15) is 9.90 Å². The Morgan fingerprint density at radius 3 is 2.71 bits per heavy atom. The summed E-state index contributed by atoms with van der Waals surface area (Å²) in [4.78, 5) is 12.1. The first-order valence-electron chi connectivity index (χ1n) is 5.55. The molecule has 88 valence electrons. The van der Waals surface area contributed by atoms with Crippen LogP contribution in [-0.4, -0.2) is 14.9 Å². The maximum absolute atomic E-state index is 12.1. The van der Waals surface area contributed by atoms with E-state index >= 15 is 0 Å². The Labute approximate surface area is 97.5 Å². The van der Waals surface area contributed by atoms with Crippen molar-refractivity contribution in [2.75, 3.05) is 0 Å². The Morgan fingerprint density at radius 1 is 1.35 bits per heavy atom. The van der Waals surface area contributed by atoms with E-state index in [0.717, 1.165) is 24.1 Å². The molecule has 1 unspecified atom stereocenters. The molecule has 0 saturated heterocycles. The molecule has 1 aliphatic carbocycles. The van der Waals surface area contributed by atoms with Crippen LogP contribution in [-0.2, 0) is 6.42 Å². The summed E-state index contributed by atoms with van der Waals surface area (Å²) in [6.45, 7) is 0. The van der Waals surface area contributed by atoms with Crippen molar-refractivity contribution in [3.05, 3.63) is 45.9 Å². The van der Waals surface area contributed by atoms with Gasteiger partial charge in [-0.1, -0.05) is 0 Å². The maximum Gasteiger partial charge on any atom is 0.274 e. The summed E-state index contributed by atoms with van der Waals surface area (Å²) in [6, 6.07) is 6.40. The first-order valence-corrected chi connectivity index (χ1v) is 5.55. The number of rotatable bonds is 1. The summed E-state index contributed by atoms with van der Waals surface area (Å²) in [5, 5.41) is 12.3. The van der Waals surface area contributed by atoms with E-state index < -0.39 is 0 Å². The van der Waals surface area contributed by atoms with Crippen LogP contribution in [0.5, 0.6) is 5.75 Å². The van der Waals surface area contributed by atoms with Gasteiger partial charge in [-0.3, -0.25) is 9.89 Å². The molecule has 17 heavy (non-hydrogen) atoms. The van der Waals surface area contributed by atoms with Crippen molar-refractivity contribution in [2.45, 2.75) is 18.9 Å². The van der Waals surface area contributed by atoms with Gasteiger partial charge < -0.3 is 10.8 Å². The van der Waals surface area contributed by atoms with Gasteiger partial charge in [0, 0.05) is 11.6 Å². The van der Waals surface area contributed by atoms with Crippen LogP contribution < -0.4 is 11.3 Å². The van der Waals surface area contributed by atoms with Crippen molar-refractivity contribution in [3.8, 4) is 11.4 Å². The lowest BCUT2D eigenvalue weighted by atomic mass is 10.3. The summed E-state index contributed by atoms with van der Waals surface area (Å²) in [5.74, 6) is 0.178. The Hall–Kier alpha value is -2.01. The summed E-state index contributed by atoms with van der Waals surface area (Å²) < 4.78 is 1.48. The normalized spacial score (nSPS) is 18.3. The fourth-order valence-electron chi connectivity index (χ4n) is 2.26. The number of H-pyrrole nitrogens is 1. The van der Waals surface area contributed by atoms with Crippen LogP contribution >= 0.6 is 0 Å². The van der Waals surface area contributed by atoms with Gasteiger partial charge in [-0.15, -0.1) is 0 Å². The monoisotopic (exact) mass is 231 g/mol. The topological polar surface area (TPSA) is 84.0 Å². The summed E-state index contributed by atoms with van der Waals surface area (Å²) in [7, 11) is 0. The van der Waals surface area contributed by atoms with Gasteiger partial charge in [0.05, 0.1) is 11.4 Å². The molecule has 2 aromatic rings. The van der Waals surface area contributed by atoms with Gasteiger partial charge in [-0.05, 0) is 37.1 Å². The molecule has 0 radical (unpaired) electrons. The third-order valence-electron chi connectivity index (χ3n) is 3.20. The zero-order valence-electron chi connectivity index (χ0n) is 9.18. The number of hydrogen-bond donors (Lipinski definition) is 3. The number of benzene rings is 1. The molecular weight excluding hydrogens is 218 g/mol. The number of aromatic hydroxyl groups is 1. The largest absolute Gasteiger partial charge is 0.508 e. The predicted octanol–water partition coefficient (Wildman–Crippen LogP) is 0.817. The van der Waals surface area contributed by atoms with Crippen molar-refractivity contribution in [2.24, 2.45) is 5.73 Å². The average molecular weight is 231 g/mol. The van der Waals surface area contributed by atoms with E-state index in [1.165, 1.54) is 4.68 Å². The molecular formula is C12H13N3O2. The van der Waals surface area contributed by atoms with Gasteiger partial charge in [-0.25, -0.2) is 4.68 Å². The van der Waals surface area contributed by atoms with Crippen LogP contribution in [0.25, 0.3) is 5.69 Å². The van der Waals surface area contributed by atoms with E-state index in [1.54, 1.807) is 24.3 Å². The number of aromatic nitrogens is 2. The number of phenolic OH excluding ortho intramolecular Hbond substituents is 1. The van der Waals surface area contributed by atoms with Gasteiger partial charge in [0.2, 0.25) is 0 Å². The molecule has 0 fully saturated rings. The molecule has 5 nitrogen and oxygen atoms in total. The number of phenols is 1. The Kier molecular flexibility index (Phi) is 2.09. The molecule has 1 aromatic heterocycles. The lowest BCUT2D eigenvalue weighted by Crippen LogP contribution is -2.17. The van der Waals surface area contributed by atoms with E-state index in [4.69, 9.17) is 5.73 Å². The van der Waals surface area contributed by atoms with Gasteiger partial charge in [0.25, 0.3) is 5.56 Å². The van der Waals surface area contributed by atoms with E-state index in [0.29, 0.717) is 5.69 Å². The molecule has 1 aliphatic rings. The zero-order chi connectivity index (χ0) is 12.0. The fraction of sp³-hybridized carbons (Fsp3) is 0.250. The number of nitrogens with one attached hydrogen (secondary N) is 1. The zero-order valence-corrected chi connectivity index (χ0v) is 9.18. The molecule has 0 spiro atoms. The summed E-state index contributed by atoms with van der Waals surface area (Å²) >= 11 is 0. The third-order valence-corrected chi connectivity index (χ3v) is 3.20. The van der Waals surface area contributed by atoms with Crippen LogP contribution in [0.3, 0.4) is 0 Å². The third kappa shape index (κ3) is 1.47. The van der Waals surface area contributed by atoms with Crippen molar-refractivity contribution in [1.82, 2.24) is 9.78 Å². The lowest BCUT2D eigenvalue weighted by molar-refractivity contribution is 0.475. The SMILES string of the molecule is NC1CCc2c1[nH]n(-c1ccc(O)cc1)c2=O. The van der Waals surface area contributed by atoms with Crippen LogP contribution in [0, 0.1) is 0 Å². The fourth-order valence-corrected chi connectivity index (χ4v) is 2.26. The molecule has 0 amide bonds. The number of hydrogen-bond acceptors (Lipinski definition) is 3. The minimum atomic E-state index is -0.0731. The van der Waals surface area contributed by atoms with Gasteiger partial charge in [0.1, 0.15) is 5.75 Å². The molecule has 5 heteroatoms. The highest BCUT2D eigenvalue weighted by Crippen LogP contribution is 2.25. The molecule has 1 heterocycles. The maximum atomic E-state index is 12.1. The Morgan fingerprint density at radius 2 is 2.06 bits per heavy atom. The van der Waals surface area contributed by atoms with Crippen molar-refractivity contribution in [3.63, 3.8) is 0 Å². The first kappa shape index (κ1) is 10.2. The molecule has 0 saturated carbocycles. The van der Waals surface area contributed by atoms with Gasteiger partial charge >= 0.3 is 0 Å². The minimum absolute atomic E-state index is 0.0429. The first-order chi connectivity index (χ1) is 8.16. The second-order valence-corrected chi connectivity index (χ2v) is 4.31. The highest BCUT2D eigenvalue weighted by molar-refractivity contribution is 5.38. The second kappa shape index (κ2) is 3.49. The Balaban J connectivity index is 2.14. The van der Waals surface area contributed by atoms with Crippen LogP contribution in [0.2, 0.25) is 0 Å². The standard InChI is InChI=1S/C12H13N3O2/c13-10-6-5-9-11(10)14-15(12(9)17)7-1-3-8(16)4-2-7/h1-4,10,14,16H,5-6,13H2. The smallest absolute Gasteiger partial charge is 0.274 e. The van der Waals surface area contributed by atoms with E-state index in [2.05, 4.69) is 5.10 Å². The predicted molar refractivity (Wildman–Crippen MR) is 63.3 cm³/mol. The highest BCUT2D eigenvalue weighted by atomic mass is 16.3. The Bertz CT molecular complexity index is 610. The number of nitrogens with zero attached hydrogens (tertiary/aromatic N) is 1. The van der Waals surface area contributed by atoms with Crippen molar-refractivity contribution >= 4 is 0 Å². The highest BCUT2D eigenvalue weighted by Gasteiger charge is 2.25. The quantitative estimate of drug-likeness (QED) is 0.679. The van der Waals surface area contributed by atoms with E-state index in [1.807, 2.05) is 0 Å². The van der Waals surface area contributed by atoms with Crippen LogP contribution in [0.4, 0.5) is 0 Å². The van der Waals surface area contributed by atoms with Gasteiger partial charge in [-0.2, -0.15) is 0 Å². The minimum Gasteiger partial charge on any atom is -0.508 e. The number of nitrogens with two attached hydrogens (primary N) is 1. The van der Waals surface area contributed by atoms with Crippen LogP contribution in [0.15, 0.2) is 29.1 Å². The molecule has 0 aliphatic heterocycles. The summed E-state index contributed by atoms with van der Waals surface area (Å²) in [6.07, 6.45) is 1.56. The molecule has 3 rings (SSSR count). The second-order valence-electron chi connectivity index (χ2n) is 4.31.